The van der Waals surface area contributed by atoms with Gasteiger partial charge in [0.15, 0.2) is 0 Å². The van der Waals surface area contributed by atoms with E-state index in [-0.39, 0.29) is 11.3 Å². The number of para-hydroxylation sites is 1. The number of carbonyl (C=O) groups excluding carboxylic acids is 1. The minimum absolute atomic E-state index is 0.0685. The zero-order valence-corrected chi connectivity index (χ0v) is 11.6. The lowest BCUT2D eigenvalue weighted by atomic mass is 9.62. The van der Waals surface area contributed by atoms with Crippen molar-refractivity contribution in [1.29, 1.82) is 0 Å². The van der Waals surface area contributed by atoms with Crippen LogP contribution >= 0.6 is 0 Å². The van der Waals surface area contributed by atoms with Crippen molar-refractivity contribution in [3.05, 3.63) is 29.8 Å². The van der Waals surface area contributed by atoms with Gasteiger partial charge in [0.1, 0.15) is 5.75 Å². The van der Waals surface area contributed by atoms with Gasteiger partial charge in [-0.3, -0.25) is 4.79 Å². The standard InChI is InChI=1S/C15H22N2O2/c1-11-7-15(8-11,10-16)14(18)17-9-12-5-3-4-6-13(12)19-2/h3-6,11H,7-10,16H2,1-2H3,(H,17,18). The van der Waals surface area contributed by atoms with Gasteiger partial charge in [0.05, 0.1) is 12.5 Å². The molecule has 0 radical (unpaired) electrons. The van der Waals surface area contributed by atoms with E-state index in [0.29, 0.717) is 19.0 Å². The monoisotopic (exact) mass is 262 g/mol. The van der Waals surface area contributed by atoms with E-state index in [0.717, 1.165) is 24.2 Å². The van der Waals surface area contributed by atoms with Crippen molar-refractivity contribution in [2.75, 3.05) is 13.7 Å². The van der Waals surface area contributed by atoms with Crippen molar-refractivity contribution in [2.45, 2.75) is 26.3 Å². The number of hydrogen-bond acceptors (Lipinski definition) is 3. The molecule has 0 heterocycles. The van der Waals surface area contributed by atoms with Crippen molar-refractivity contribution in [1.82, 2.24) is 5.32 Å². The van der Waals surface area contributed by atoms with E-state index >= 15 is 0 Å². The number of amides is 1. The summed E-state index contributed by atoms with van der Waals surface area (Å²) in [6.45, 7) is 3.06. The Bertz CT molecular complexity index is 453. The van der Waals surface area contributed by atoms with Gasteiger partial charge in [0.25, 0.3) is 0 Å². The lowest BCUT2D eigenvalue weighted by molar-refractivity contribution is -0.138. The van der Waals surface area contributed by atoms with Crippen LogP contribution in [0.1, 0.15) is 25.3 Å². The van der Waals surface area contributed by atoms with Gasteiger partial charge in [-0.25, -0.2) is 0 Å². The molecule has 19 heavy (non-hydrogen) atoms. The van der Waals surface area contributed by atoms with Crippen LogP contribution in [0.3, 0.4) is 0 Å². The highest BCUT2D eigenvalue weighted by Crippen LogP contribution is 2.44. The zero-order valence-electron chi connectivity index (χ0n) is 11.6. The Labute approximate surface area is 114 Å². The van der Waals surface area contributed by atoms with Crippen LogP contribution in [0.4, 0.5) is 0 Å². The van der Waals surface area contributed by atoms with Crippen LogP contribution in [0.2, 0.25) is 0 Å². The number of nitrogens with one attached hydrogen (secondary N) is 1. The molecule has 0 bridgehead atoms. The predicted octanol–water partition coefficient (Wildman–Crippen LogP) is 1.69. The number of nitrogens with two attached hydrogens (primary N) is 1. The molecule has 0 saturated heterocycles. The van der Waals surface area contributed by atoms with Gasteiger partial charge in [0, 0.05) is 18.7 Å². The first-order chi connectivity index (χ1) is 9.11. The van der Waals surface area contributed by atoms with Crippen LogP contribution in [0.5, 0.6) is 5.75 Å². The molecule has 0 spiro atoms. The molecule has 0 unspecified atom stereocenters. The van der Waals surface area contributed by atoms with Gasteiger partial charge >= 0.3 is 0 Å². The number of methoxy groups -OCH3 is 1. The molecule has 0 atom stereocenters. The molecule has 1 saturated carbocycles. The molecule has 2 rings (SSSR count). The first kappa shape index (κ1) is 13.9. The first-order valence-corrected chi connectivity index (χ1v) is 6.71. The third-order valence-corrected chi connectivity index (χ3v) is 3.98. The molecule has 1 aliphatic rings. The van der Waals surface area contributed by atoms with Crippen LogP contribution in [0.15, 0.2) is 24.3 Å². The zero-order chi connectivity index (χ0) is 13.9. The van der Waals surface area contributed by atoms with Crippen LogP contribution in [0.25, 0.3) is 0 Å². The summed E-state index contributed by atoms with van der Waals surface area (Å²) in [5.74, 6) is 1.46. The Morgan fingerprint density at radius 2 is 2.16 bits per heavy atom. The normalized spacial score (nSPS) is 25.5. The quantitative estimate of drug-likeness (QED) is 0.848. The Morgan fingerprint density at radius 3 is 2.74 bits per heavy atom. The van der Waals surface area contributed by atoms with Crippen LogP contribution in [-0.4, -0.2) is 19.6 Å². The third kappa shape index (κ3) is 2.73. The maximum Gasteiger partial charge on any atom is 0.227 e. The molecular weight excluding hydrogens is 240 g/mol. The molecule has 104 valence electrons. The number of ether oxygens (including phenoxy) is 1. The summed E-state index contributed by atoms with van der Waals surface area (Å²) >= 11 is 0. The van der Waals surface area contributed by atoms with Crippen molar-refractivity contribution in [3.8, 4) is 5.75 Å². The van der Waals surface area contributed by atoms with Crippen LogP contribution < -0.4 is 15.8 Å². The Kier molecular flexibility index (Phi) is 4.10. The lowest BCUT2D eigenvalue weighted by Crippen LogP contribution is -2.53. The van der Waals surface area contributed by atoms with E-state index in [9.17, 15) is 4.79 Å². The SMILES string of the molecule is COc1ccccc1CNC(=O)C1(CN)CC(C)C1. The molecule has 1 aromatic carbocycles. The molecule has 4 heteroatoms. The van der Waals surface area contributed by atoms with Crippen LogP contribution in [0, 0.1) is 11.3 Å². The summed E-state index contributed by atoms with van der Waals surface area (Å²) in [4.78, 5) is 12.3. The van der Waals surface area contributed by atoms with Gasteiger partial charge < -0.3 is 15.8 Å². The summed E-state index contributed by atoms with van der Waals surface area (Å²) in [5.41, 5.74) is 6.41. The average Bonchev–Trinajstić information content (AvgIpc) is 2.41. The maximum absolute atomic E-state index is 12.3. The van der Waals surface area contributed by atoms with E-state index in [1.165, 1.54) is 0 Å². The van der Waals surface area contributed by atoms with Gasteiger partial charge in [-0.15, -0.1) is 0 Å². The van der Waals surface area contributed by atoms with E-state index in [4.69, 9.17) is 10.5 Å². The summed E-state index contributed by atoms with van der Waals surface area (Å²) in [6.07, 6.45) is 1.78. The lowest BCUT2D eigenvalue weighted by Gasteiger charge is -2.44. The number of rotatable bonds is 5. The van der Waals surface area contributed by atoms with Crippen molar-refractivity contribution < 1.29 is 9.53 Å². The molecule has 1 amide bonds. The van der Waals surface area contributed by atoms with Crippen molar-refractivity contribution >= 4 is 5.91 Å². The molecule has 1 aromatic rings. The fraction of sp³-hybridized carbons (Fsp3) is 0.533. The maximum atomic E-state index is 12.3. The van der Waals surface area contributed by atoms with Crippen molar-refractivity contribution in [2.24, 2.45) is 17.1 Å². The Balaban J connectivity index is 1.97. The molecule has 1 fully saturated rings. The molecular formula is C15H22N2O2. The highest BCUT2D eigenvalue weighted by atomic mass is 16.5. The molecule has 0 aliphatic heterocycles. The smallest absolute Gasteiger partial charge is 0.227 e. The van der Waals surface area contributed by atoms with Gasteiger partial charge in [-0.05, 0) is 24.8 Å². The summed E-state index contributed by atoms with van der Waals surface area (Å²) in [7, 11) is 1.63. The minimum atomic E-state index is -0.346. The van der Waals surface area contributed by atoms with Gasteiger partial charge in [0.2, 0.25) is 5.91 Å². The second-order valence-corrected chi connectivity index (χ2v) is 5.49. The third-order valence-electron chi connectivity index (χ3n) is 3.98. The fourth-order valence-electron chi connectivity index (χ4n) is 2.93. The van der Waals surface area contributed by atoms with Crippen LogP contribution in [-0.2, 0) is 11.3 Å². The average molecular weight is 262 g/mol. The highest BCUT2D eigenvalue weighted by molar-refractivity contribution is 5.84. The minimum Gasteiger partial charge on any atom is -0.496 e. The second kappa shape index (κ2) is 5.61. The molecule has 3 N–H and O–H groups in total. The Hall–Kier alpha value is -1.55. The summed E-state index contributed by atoms with van der Waals surface area (Å²) in [6, 6.07) is 7.70. The van der Waals surface area contributed by atoms with Crippen molar-refractivity contribution in [3.63, 3.8) is 0 Å². The largest absolute Gasteiger partial charge is 0.496 e. The van der Waals surface area contributed by atoms with Gasteiger partial charge in [-0.1, -0.05) is 25.1 Å². The van der Waals surface area contributed by atoms with E-state index in [1.807, 2.05) is 24.3 Å². The van der Waals surface area contributed by atoms with E-state index in [2.05, 4.69) is 12.2 Å². The Morgan fingerprint density at radius 1 is 1.47 bits per heavy atom. The van der Waals surface area contributed by atoms with E-state index < -0.39 is 0 Å². The second-order valence-electron chi connectivity index (χ2n) is 5.49. The van der Waals surface area contributed by atoms with Gasteiger partial charge in [-0.2, -0.15) is 0 Å². The summed E-state index contributed by atoms with van der Waals surface area (Å²) in [5, 5.41) is 2.99. The number of carbonyl (C=O) groups is 1. The molecule has 1 aliphatic carbocycles. The predicted molar refractivity (Wildman–Crippen MR) is 74.7 cm³/mol. The first-order valence-electron chi connectivity index (χ1n) is 6.71. The topological polar surface area (TPSA) is 64.3 Å². The molecule has 0 aromatic heterocycles. The number of hydrogen-bond donors (Lipinski definition) is 2. The van der Waals surface area contributed by atoms with E-state index in [1.54, 1.807) is 7.11 Å². The highest BCUT2D eigenvalue weighted by Gasteiger charge is 2.46. The number of benzene rings is 1. The summed E-state index contributed by atoms with van der Waals surface area (Å²) < 4.78 is 5.27. The fourth-order valence-corrected chi connectivity index (χ4v) is 2.93. The molecule has 4 nitrogen and oxygen atoms in total.